The number of nitrogens with zero attached hydrogens (tertiary/aromatic N) is 3. The largest absolute Gasteiger partial charge is 0.349 e. The molecule has 1 amide bonds. The minimum atomic E-state index is -0.414. The number of non-ortho nitro benzene ring substituents is 1. The van der Waals surface area contributed by atoms with Gasteiger partial charge in [-0.3, -0.25) is 19.3 Å². The average Bonchev–Trinajstić information content (AvgIpc) is 3.12. The Balaban J connectivity index is 1.58. The van der Waals surface area contributed by atoms with Gasteiger partial charge in [0.25, 0.3) is 11.6 Å². The first kappa shape index (κ1) is 18.6. The van der Waals surface area contributed by atoms with Crippen molar-refractivity contribution in [1.82, 2.24) is 14.7 Å². The van der Waals surface area contributed by atoms with Crippen molar-refractivity contribution in [2.45, 2.75) is 51.5 Å². The highest BCUT2D eigenvalue weighted by molar-refractivity contribution is 7.19. The number of fused-ring (bicyclic) bond motifs is 1. The van der Waals surface area contributed by atoms with E-state index in [1.807, 2.05) is 17.5 Å². The van der Waals surface area contributed by atoms with E-state index >= 15 is 0 Å². The summed E-state index contributed by atoms with van der Waals surface area (Å²) in [6.07, 6.45) is 8.77. The first-order valence-corrected chi connectivity index (χ1v) is 10.4. The number of aromatic nitrogens is 2. The molecule has 1 aliphatic carbocycles. The number of imidazole rings is 1. The van der Waals surface area contributed by atoms with Gasteiger partial charge in [-0.15, -0.1) is 0 Å². The fraction of sp³-hybridized carbons (Fsp3) is 0.400. The minimum Gasteiger partial charge on any atom is -0.349 e. The molecule has 0 aliphatic heterocycles. The number of nitro benzene ring substituents is 1. The van der Waals surface area contributed by atoms with Gasteiger partial charge in [0.2, 0.25) is 0 Å². The van der Waals surface area contributed by atoms with Gasteiger partial charge in [-0.05, 0) is 19.8 Å². The third-order valence-electron chi connectivity index (χ3n) is 5.31. The Kier molecular flexibility index (Phi) is 5.13. The Labute approximate surface area is 166 Å². The highest BCUT2D eigenvalue weighted by Crippen LogP contribution is 2.29. The van der Waals surface area contributed by atoms with Gasteiger partial charge in [-0.25, -0.2) is 4.98 Å². The summed E-state index contributed by atoms with van der Waals surface area (Å²) in [7, 11) is 0. The predicted octanol–water partition coefficient (Wildman–Crippen LogP) is 4.73. The van der Waals surface area contributed by atoms with Gasteiger partial charge < -0.3 is 5.32 Å². The maximum Gasteiger partial charge on any atom is 0.270 e. The summed E-state index contributed by atoms with van der Waals surface area (Å²) >= 11 is 1.36. The van der Waals surface area contributed by atoms with Crippen LogP contribution in [0.5, 0.6) is 0 Å². The van der Waals surface area contributed by atoms with E-state index in [4.69, 9.17) is 0 Å². The second kappa shape index (κ2) is 7.71. The lowest BCUT2D eigenvalue weighted by Gasteiger charge is -2.15. The summed E-state index contributed by atoms with van der Waals surface area (Å²) < 4.78 is 1.89. The second-order valence-electron chi connectivity index (χ2n) is 7.26. The molecule has 0 radical (unpaired) electrons. The lowest BCUT2D eigenvalue weighted by Crippen LogP contribution is -2.34. The van der Waals surface area contributed by atoms with Crippen LogP contribution in [0, 0.1) is 17.0 Å². The zero-order valence-corrected chi connectivity index (χ0v) is 16.5. The summed E-state index contributed by atoms with van der Waals surface area (Å²) in [6, 6.07) is 6.68. The SMILES string of the molecule is Cc1c(C(=O)NC2CCCCCC2)sc2nc(-c3cccc([N+](=O)[O-])c3)cn12. The van der Waals surface area contributed by atoms with Crippen LogP contribution in [0.3, 0.4) is 0 Å². The maximum absolute atomic E-state index is 12.8. The number of benzene rings is 1. The molecular formula is C20H22N4O3S. The van der Waals surface area contributed by atoms with Gasteiger partial charge in [0.15, 0.2) is 4.96 Å². The van der Waals surface area contributed by atoms with Gasteiger partial charge in [0, 0.05) is 35.6 Å². The number of rotatable bonds is 4. The van der Waals surface area contributed by atoms with Crippen molar-refractivity contribution in [2.24, 2.45) is 0 Å². The number of aryl methyl sites for hydroxylation is 1. The van der Waals surface area contributed by atoms with E-state index < -0.39 is 4.92 Å². The lowest BCUT2D eigenvalue weighted by molar-refractivity contribution is -0.384. The molecule has 28 heavy (non-hydrogen) atoms. The summed E-state index contributed by atoms with van der Waals surface area (Å²) in [5, 5.41) is 14.2. The fourth-order valence-corrected chi connectivity index (χ4v) is 4.77. The van der Waals surface area contributed by atoms with Crippen LogP contribution in [0.4, 0.5) is 5.69 Å². The number of hydrogen-bond donors (Lipinski definition) is 1. The number of hydrogen-bond acceptors (Lipinski definition) is 5. The predicted molar refractivity (Wildman–Crippen MR) is 109 cm³/mol. The van der Waals surface area contributed by atoms with Crippen LogP contribution in [0.15, 0.2) is 30.5 Å². The van der Waals surface area contributed by atoms with Crippen molar-refractivity contribution in [1.29, 1.82) is 0 Å². The van der Waals surface area contributed by atoms with Gasteiger partial charge in [0.1, 0.15) is 4.88 Å². The van der Waals surface area contributed by atoms with Crippen LogP contribution in [0.1, 0.15) is 53.9 Å². The molecule has 8 heteroatoms. The zero-order chi connectivity index (χ0) is 19.7. The quantitative estimate of drug-likeness (QED) is 0.391. The molecular weight excluding hydrogens is 376 g/mol. The smallest absolute Gasteiger partial charge is 0.270 e. The number of carbonyl (C=O) groups excluding carboxylic acids is 1. The molecule has 0 spiro atoms. The average molecular weight is 398 g/mol. The Morgan fingerprint density at radius 1 is 1.29 bits per heavy atom. The van der Waals surface area contributed by atoms with Crippen molar-refractivity contribution in [3.8, 4) is 11.3 Å². The van der Waals surface area contributed by atoms with Gasteiger partial charge >= 0.3 is 0 Å². The Morgan fingerprint density at radius 2 is 2.04 bits per heavy atom. The molecule has 0 saturated heterocycles. The van der Waals surface area contributed by atoms with Crippen LogP contribution in [-0.2, 0) is 0 Å². The summed E-state index contributed by atoms with van der Waals surface area (Å²) in [6.45, 7) is 1.91. The number of amides is 1. The van der Waals surface area contributed by atoms with Gasteiger partial charge in [-0.1, -0.05) is 49.2 Å². The maximum atomic E-state index is 12.8. The molecule has 2 heterocycles. The van der Waals surface area contributed by atoms with E-state index in [9.17, 15) is 14.9 Å². The normalized spacial score (nSPS) is 15.5. The molecule has 1 saturated carbocycles. The monoisotopic (exact) mass is 398 g/mol. The van der Waals surface area contributed by atoms with E-state index in [0.717, 1.165) is 18.5 Å². The third-order valence-corrected chi connectivity index (χ3v) is 6.46. The first-order valence-electron chi connectivity index (χ1n) is 9.57. The number of carbonyl (C=O) groups is 1. The lowest BCUT2D eigenvalue weighted by atomic mass is 10.1. The summed E-state index contributed by atoms with van der Waals surface area (Å²) in [4.78, 5) is 29.3. The molecule has 1 aliphatic rings. The highest BCUT2D eigenvalue weighted by atomic mass is 32.1. The molecule has 2 aromatic heterocycles. The van der Waals surface area contributed by atoms with E-state index in [2.05, 4.69) is 10.3 Å². The van der Waals surface area contributed by atoms with Crippen molar-refractivity contribution < 1.29 is 9.72 Å². The third kappa shape index (κ3) is 3.64. The molecule has 1 aromatic carbocycles. The molecule has 0 unspecified atom stereocenters. The van der Waals surface area contributed by atoms with Crippen molar-refractivity contribution in [2.75, 3.05) is 0 Å². The molecule has 1 N–H and O–H groups in total. The molecule has 7 nitrogen and oxygen atoms in total. The van der Waals surface area contributed by atoms with E-state index in [1.165, 1.54) is 49.2 Å². The standard InChI is InChI=1S/C20H22N4O3S/c1-13-18(19(25)21-15-8-4-2-3-5-9-15)28-20-22-17(12-23(13)20)14-7-6-10-16(11-14)24(26)27/h6-7,10-12,15H,2-5,8-9H2,1H3,(H,21,25). The summed E-state index contributed by atoms with van der Waals surface area (Å²) in [5.41, 5.74) is 2.23. The first-order chi connectivity index (χ1) is 13.5. The van der Waals surface area contributed by atoms with Gasteiger partial charge in [0.05, 0.1) is 10.6 Å². The number of thiazole rings is 1. The van der Waals surface area contributed by atoms with Crippen LogP contribution >= 0.6 is 11.3 Å². The highest BCUT2D eigenvalue weighted by Gasteiger charge is 2.21. The molecule has 3 aromatic rings. The zero-order valence-electron chi connectivity index (χ0n) is 15.7. The van der Waals surface area contributed by atoms with E-state index in [0.29, 0.717) is 21.1 Å². The van der Waals surface area contributed by atoms with Crippen molar-refractivity contribution in [3.63, 3.8) is 0 Å². The minimum absolute atomic E-state index is 0.0307. The van der Waals surface area contributed by atoms with Crippen LogP contribution in [0.2, 0.25) is 0 Å². The Morgan fingerprint density at radius 3 is 2.71 bits per heavy atom. The topological polar surface area (TPSA) is 89.5 Å². The van der Waals surface area contributed by atoms with Crippen molar-refractivity contribution >= 4 is 27.9 Å². The van der Waals surface area contributed by atoms with Crippen LogP contribution < -0.4 is 5.32 Å². The van der Waals surface area contributed by atoms with E-state index in [1.54, 1.807) is 12.1 Å². The van der Waals surface area contributed by atoms with Crippen LogP contribution in [0.25, 0.3) is 16.2 Å². The molecule has 1 fully saturated rings. The number of nitrogens with one attached hydrogen (secondary N) is 1. The molecule has 0 bridgehead atoms. The number of nitro groups is 1. The Bertz CT molecular complexity index is 1030. The second-order valence-corrected chi connectivity index (χ2v) is 8.24. The Hall–Kier alpha value is -2.74. The fourth-order valence-electron chi connectivity index (χ4n) is 3.75. The molecule has 4 rings (SSSR count). The van der Waals surface area contributed by atoms with Crippen LogP contribution in [-0.4, -0.2) is 26.3 Å². The van der Waals surface area contributed by atoms with Gasteiger partial charge in [-0.2, -0.15) is 0 Å². The summed E-state index contributed by atoms with van der Waals surface area (Å²) in [5.74, 6) is -0.0307. The molecule has 146 valence electrons. The van der Waals surface area contributed by atoms with E-state index in [-0.39, 0.29) is 17.6 Å². The molecule has 0 atom stereocenters. The van der Waals surface area contributed by atoms with Crippen molar-refractivity contribution in [3.05, 3.63) is 51.1 Å².